The summed E-state index contributed by atoms with van der Waals surface area (Å²) in [6, 6.07) is 6.94. The molecule has 0 saturated carbocycles. The Bertz CT molecular complexity index is 586. The SMILES string of the molecule is Cc1ccc(COC(=O)N2CCC[C@H]2C(=O)N[C@H](CO)C(C)C)cc1. The molecule has 0 bridgehead atoms. The largest absolute Gasteiger partial charge is 0.445 e. The highest BCUT2D eigenvalue weighted by Crippen LogP contribution is 2.19. The number of benzene rings is 1. The van der Waals surface area contributed by atoms with Gasteiger partial charge in [0.1, 0.15) is 12.6 Å². The third-order valence-corrected chi connectivity index (χ3v) is 4.60. The predicted molar refractivity (Wildman–Crippen MR) is 94.9 cm³/mol. The van der Waals surface area contributed by atoms with Gasteiger partial charge in [-0.15, -0.1) is 0 Å². The third kappa shape index (κ3) is 5.19. The van der Waals surface area contributed by atoms with E-state index in [1.807, 2.05) is 45.0 Å². The molecule has 0 unspecified atom stereocenters. The van der Waals surface area contributed by atoms with Gasteiger partial charge in [0, 0.05) is 6.54 Å². The maximum absolute atomic E-state index is 12.5. The van der Waals surface area contributed by atoms with E-state index >= 15 is 0 Å². The van der Waals surface area contributed by atoms with Gasteiger partial charge >= 0.3 is 6.09 Å². The summed E-state index contributed by atoms with van der Waals surface area (Å²) >= 11 is 0. The number of ether oxygens (including phenoxy) is 1. The van der Waals surface area contributed by atoms with Crippen LogP contribution in [-0.2, 0) is 16.1 Å². The van der Waals surface area contributed by atoms with Crippen molar-refractivity contribution >= 4 is 12.0 Å². The first-order valence-corrected chi connectivity index (χ1v) is 8.82. The summed E-state index contributed by atoms with van der Waals surface area (Å²) in [5.74, 6) is -0.102. The van der Waals surface area contributed by atoms with E-state index in [4.69, 9.17) is 4.74 Å². The Hall–Kier alpha value is -2.08. The molecule has 2 N–H and O–H groups in total. The van der Waals surface area contributed by atoms with Crippen molar-refractivity contribution in [1.82, 2.24) is 10.2 Å². The lowest BCUT2D eigenvalue weighted by Crippen LogP contribution is -2.51. The lowest BCUT2D eigenvalue weighted by Gasteiger charge is -2.26. The van der Waals surface area contributed by atoms with Crippen molar-refractivity contribution in [2.24, 2.45) is 5.92 Å². The molecule has 1 heterocycles. The molecule has 0 aromatic heterocycles. The number of carbonyl (C=O) groups is 2. The zero-order chi connectivity index (χ0) is 18.4. The first-order chi connectivity index (χ1) is 11.9. The highest BCUT2D eigenvalue weighted by molar-refractivity contribution is 5.86. The standard InChI is InChI=1S/C19H28N2O4/c1-13(2)16(11-22)20-18(23)17-5-4-10-21(17)19(24)25-12-15-8-6-14(3)7-9-15/h6-9,13,16-17,22H,4-5,10-12H2,1-3H3,(H,20,23)/t16-,17+/m1/s1. The van der Waals surface area contributed by atoms with Crippen molar-refractivity contribution in [2.45, 2.75) is 52.3 Å². The molecular weight excluding hydrogens is 320 g/mol. The van der Waals surface area contributed by atoms with Crippen LogP contribution in [-0.4, -0.2) is 47.2 Å². The number of hydrogen-bond donors (Lipinski definition) is 2. The minimum absolute atomic E-state index is 0.117. The van der Waals surface area contributed by atoms with Crippen LogP contribution in [0.4, 0.5) is 4.79 Å². The zero-order valence-corrected chi connectivity index (χ0v) is 15.2. The highest BCUT2D eigenvalue weighted by Gasteiger charge is 2.36. The predicted octanol–water partition coefficient (Wildman–Crippen LogP) is 2.23. The number of hydrogen-bond acceptors (Lipinski definition) is 4. The van der Waals surface area contributed by atoms with Crippen LogP contribution >= 0.6 is 0 Å². The molecule has 0 aliphatic carbocycles. The average Bonchev–Trinajstić information content (AvgIpc) is 3.08. The number of rotatable bonds is 6. The van der Waals surface area contributed by atoms with E-state index in [0.29, 0.717) is 13.0 Å². The van der Waals surface area contributed by atoms with Crippen molar-refractivity contribution in [1.29, 1.82) is 0 Å². The van der Waals surface area contributed by atoms with Gasteiger partial charge in [-0.1, -0.05) is 43.7 Å². The summed E-state index contributed by atoms with van der Waals surface area (Å²) in [5.41, 5.74) is 2.06. The van der Waals surface area contributed by atoms with E-state index in [9.17, 15) is 14.7 Å². The molecule has 2 atom stereocenters. The van der Waals surface area contributed by atoms with Crippen LogP contribution in [0.25, 0.3) is 0 Å². The summed E-state index contributed by atoms with van der Waals surface area (Å²) in [5, 5.41) is 12.2. The van der Waals surface area contributed by atoms with E-state index in [1.165, 1.54) is 4.90 Å². The molecule has 1 saturated heterocycles. The van der Waals surface area contributed by atoms with Crippen molar-refractivity contribution in [3.05, 3.63) is 35.4 Å². The van der Waals surface area contributed by atoms with Crippen molar-refractivity contribution < 1.29 is 19.4 Å². The third-order valence-electron chi connectivity index (χ3n) is 4.60. The second-order valence-corrected chi connectivity index (χ2v) is 6.93. The summed E-state index contributed by atoms with van der Waals surface area (Å²) in [6.45, 7) is 6.45. The molecular formula is C19H28N2O4. The van der Waals surface area contributed by atoms with Crippen LogP contribution in [0.3, 0.4) is 0 Å². The Morgan fingerprint density at radius 3 is 2.60 bits per heavy atom. The van der Waals surface area contributed by atoms with Crippen LogP contribution in [0, 0.1) is 12.8 Å². The number of nitrogens with one attached hydrogen (secondary N) is 1. The maximum atomic E-state index is 12.5. The van der Waals surface area contributed by atoms with Gasteiger partial charge in [-0.25, -0.2) is 4.79 Å². The number of likely N-dealkylation sites (tertiary alicyclic amines) is 1. The number of aryl methyl sites for hydroxylation is 1. The lowest BCUT2D eigenvalue weighted by molar-refractivity contribution is -0.126. The van der Waals surface area contributed by atoms with Crippen molar-refractivity contribution in [2.75, 3.05) is 13.2 Å². The lowest BCUT2D eigenvalue weighted by atomic mass is 10.0. The molecule has 6 nitrogen and oxygen atoms in total. The number of nitrogens with zero attached hydrogens (tertiary/aromatic N) is 1. The second-order valence-electron chi connectivity index (χ2n) is 6.93. The molecule has 138 valence electrons. The highest BCUT2D eigenvalue weighted by atomic mass is 16.6. The van der Waals surface area contributed by atoms with E-state index in [2.05, 4.69) is 5.32 Å². The normalized spacial score (nSPS) is 18.3. The first kappa shape index (κ1) is 19.2. The van der Waals surface area contributed by atoms with Crippen LogP contribution in [0.1, 0.15) is 37.8 Å². The topological polar surface area (TPSA) is 78.9 Å². The molecule has 1 aliphatic heterocycles. The molecule has 1 aliphatic rings. The Morgan fingerprint density at radius 2 is 2.00 bits per heavy atom. The van der Waals surface area contributed by atoms with Gasteiger partial charge < -0.3 is 15.2 Å². The van der Waals surface area contributed by atoms with Gasteiger partial charge in [0.05, 0.1) is 12.6 Å². The van der Waals surface area contributed by atoms with Crippen molar-refractivity contribution in [3.8, 4) is 0 Å². The number of aliphatic hydroxyl groups excluding tert-OH is 1. The van der Waals surface area contributed by atoms with E-state index in [0.717, 1.165) is 17.5 Å². The van der Waals surface area contributed by atoms with Gasteiger partial charge in [0.2, 0.25) is 5.91 Å². The number of carbonyl (C=O) groups excluding carboxylic acids is 2. The average molecular weight is 348 g/mol. The van der Waals surface area contributed by atoms with Crippen LogP contribution in [0.15, 0.2) is 24.3 Å². The van der Waals surface area contributed by atoms with Crippen LogP contribution in [0.2, 0.25) is 0 Å². The monoisotopic (exact) mass is 348 g/mol. The molecule has 2 amide bonds. The van der Waals surface area contributed by atoms with E-state index in [-0.39, 0.29) is 31.1 Å². The fraction of sp³-hybridized carbons (Fsp3) is 0.579. The molecule has 25 heavy (non-hydrogen) atoms. The van der Waals surface area contributed by atoms with Gasteiger partial charge in [-0.3, -0.25) is 9.69 Å². The van der Waals surface area contributed by atoms with E-state index < -0.39 is 12.1 Å². The molecule has 0 radical (unpaired) electrons. The van der Waals surface area contributed by atoms with Crippen LogP contribution < -0.4 is 5.32 Å². The molecule has 6 heteroatoms. The maximum Gasteiger partial charge on any atom is 0.410 e. The Morgan fingerprint density at radius 1 is 1.32 bits per heavy atom. The summed E-state index contributed by atoms with van der Waals surface area (Å²) < 4.78 is 5.37. The Balaban J connectivity index is 1.91. The molecule has 1 aromatic rings. The molecule has 1 aromatic carbocycles. The number of aliphatic hydroxyl groups is 1. The van der Waals surface area contributed by atoms with Gasteiger partial charge in [0.15, 0.2) is 0 Å². The van der Waals surface area contributed by atoms with Crippen molar-refractivity contribution in [3.63, 3.8) is 0 Å². The first-order valence-electron chi connectivity index (χ1n) is 8.82. The van der Waals surface area contributed by atoms with Gasteiger partial charge in [0.25, 0.3) is 0 Å². The summed E-state index contributed by atoms with van der Waals surface area (Å²) in [4.78, 5) is 26.3. The fourth-order valence-corrected chi connectivity index (χ4v) is 2.87. The molecule has 1 fully saturated rings. The summed E-state index contributed by atoms with van der Waals surface area (Å²) in [7, 11) is 0. The quantitative estimate of drug-likeness (QED) is 0.826. The fourth-order valence-electron chi connectivity index (χ4n) is 2.87. The number of amides is 2. The van der Waals surface area contributed by atoms with Crippen LogP contribution in [0.5, 0.6) is 0 Å². The smallest absolute Gasteiger partial charge is 0.410 e. The molecule has 2 rings (SSSR count). The minimum Gasteiger partial charge on any atom is -0.445 e. The van der Waals surface area contributed by atoms with Gasteiger partial charge in [-0.2, -0.15) is 0 Å². The molecule has 0 spiro atoms. The minimum atomic E-state index is -0.529. The zero-order valence-electron chi connectivity index (χ0n) is 15.2. The summed E-state index contributed by atoms with van der Waals surface area (Å²) in [6.07, 6.45) is 0.911. The van der Waals surface area contributed by atoms with Gasteiger partial charge in [-0.05, 0) is 31.2 Å². The Kier molecular flexibility index (Phi) is 6.82. The van der Waals surface area contributed by atoms with E-state index in [1.54, 1.807) is 0 Å². The second kappa shape index (κ2) is 8.85. The Labute approximate surface area is 149 Å².